The average molecular weight is 589 g/mol. The Bertz CT molecular complexity index is 1370. The van der Waals surface area contributed by atoms with Gasteiger partial charge in [-0.1, -0.05) is 26.7 Å². The molecule has 11 heteroatoms. The molecular weight excluding hydrogens is 544 g/mol. The molecule has 2 N–H and O–H groups in total. The van der Waals surface area contributed by atoms with Gasteiger partial charge in [0, 0.05) is 42.6 Å². The van der Waals surface area contributed by atoms with Gasteiger partial charge in [-0.3, -0.25) is 0 Å². The highest BCUT2D eigenvalue weighted by Crippen LogP contribution is 2.33. The maximum absolute atomic E-state index is 12.5. The normalized spacial score (nSPS) is 17.3. The molecule has 11 nitrogen and oxygen atoms in total. The molecule has 43 heavy (non-hydrogen) atoms. The quantitative estimate of drug-likeness (QED) is 0.296. The van der Waals surface area contributed by atoms with Crippen LogP contribution >= 0.6 is 0 Å². The van der Waals surface area contributed by atoms with E-state index in [9.17, 15) is 4.79 Å². The molecule has 4 heterocycles. The molecule has 1 saturated heterocycles. The highest BCUT2D eigenvalue weighted by atomic mass is 16.5. The van der Waals surface area contributed by atoms with Gasteiger partial charge >= 0.3 is 12.0 Å². The van der Waals surface area contributed by atoms with Crippen LogP contribution in [0.4, 0.5) is 22.1 Å². The van der Waals surface area contributed by atoms with E-state index < -0.39 is 0 Å². The maximum atomic E-state index is 12.5. The molecule has 0 radical (unpaired) electrons. The fourth-order valence-corrected chi connectivity index (χ4v) is 5.79. The Balaban J connectivity index is 1.33. The van der Waals surface area contributed by atoms with Crippen LogP contribution in [0.15, 0.2) is 36.5 Å². The molecule has 1 aromatic carbocycles. The second-order valence-corrected chi connectivity index (χ2v) is 11.5. The van der Waals surface area contributed by atoms with E-state index in [0.717, 1.165) is 60.9 Å². The van der Waals surface area contributed by atoms with Crippen molar-refractivity contribution in [2.45, 2.75) is 65.5 Å². The number of methoxy groups -OCH3 is 1. The van der Waals surface area contributed by atoms with Crippen molar-refractivity contribution in [3.8, 4) is 17.4 Å². The number of ether oxygens (including phenoxy) is 2. The maximum Gasteiger partial charge on any atom is 0.319 e. The van der Waals surface area contributed by atoms with Gasteiger partial charge in [0.15, 0.2) is 5.82 Å². The third-order valence-corrected chi connectivity index (χ3v) is 8.15. The van der Waals surface area contributed by atoms with E-state index in [2.05, 4.69) is 51.2 Å². The lowest BCUT2D eigenvalue weighted by Crippen LogP contribution is -2.45. The molecule has 2 amide bonds. The number of hydrogen-bond acceptors (Lipinski definition) is 9. The summed E-state index contributed by atoms with van der Waals surface area (Å²) >= 11 is 0. The number of morpholine rings is 1. The van der Waals surface area contributed by atoms with Crippen LogP contribution in [0.25, 0.3) is 11.4 Å². The molecular formula is C32H44N8O3. The van der Waals surface area contributed by atoms with E-state index in [1.807, 2.05) is 30.3 Å². The summed E-state index contributed by atoms with van der Waals surface area (Å²) in [7, 11) is 1.57. The first kappa shape index (κ1) is 30.5. The first-order valence-electron chi connectivity index (χ1n) is 15.5. The molecule has 3 aromatic rings. The van der Waals surface area contributed by atoms with Gasteiger partial charge in [-0.15, -0.1) is 0 Å². The van der Waals surface area contributed by atoms with Gasteiger partial charge in [-0.05, 0) is 62.4 Å². The van der Waals surface area contributed by atoms with E-state index in [4.69, 9.17) is 19.4 Å². The zero-order valence-electron chi connectivity index (χ0n) is 25.8. The third-order valence-electron chi connectivity index (χ3n) is 8.15. The predicted molar refractivity (Wildman–Crippen MR) is 169 cm³/mol. The van der Waals surface area contributed by atoms with Crippen molar-refractivity contribution in [3.05, 3.63) is 47.8 Å². The molecule has 0 saturated carbocycles. The van der Waals surface area contributed by atoms with E-state index in [0.29, 0.717) is 44.1 Å². The number of carbonyl (C=O) groups is 1. The number of benzene rings is 1. The summed E-state index contributed by atoms with van der Waals surface area (Å²) in [6.07, 6.45) is 7.06. The number of amides is 2. The first-order chi connectivity index (χ1) is 20.9. The van der Waals surface area contributed by atoms with Crippen molar-refractivity contribution in [2.24, 2.45) is 5.92 Å². The largest absolute Gasteiger partial charge is 0.467 e. The molecule has 2 aliphatic heterocycles. The van der Waals surface area contributed by atoms with Crippen molar-refractivity contribution in [1.29, 1.82) is 0 Å². The van der Waals surface area contributed by atoms with Crippen molar-refractivity contribution in [1.82, 2.24) is 25.3 Å². The van der Waals surface area contributed by atoms with Crippen molar-refractivity contribution in [3.63, 3.8) is 0 Å². The van der Waals surface area contributed by atoms with E-state index in [-0.39, 0.29) is 12.1 Å². The minimum atomic E-state index is -0.189. The minimum Gasteiger partial charge on any atom is -0.467 e. The van der Waals surface area contributed by atoms with Gasteiger partial charge in [0.2, 0.25) is 0 Å². The van der Waals surface area contributed by atoms with E-state index in [1.165, 1.54) is 18.4 Å². The van der Waals surface area contributed by atoms with Crippen molar-refractivity contribution >= 4 is 23.4 Å². The Morgan fingerprint density at radius 3 is 2.74 bits per heavy atom. The smallest absolute Gasteiger partial charge is 0.319 e. The summed E-state index contributed by atoms with van der Waals surface area (Å²) in [5, 5.41) is 5.91. The van der Waals surface area contributed by atoms with Crippen LogP contribution in [0.2, 0.25) is 0 Å². The second kappa shape index (κ2) is 14.5. The monoisotopic (exact) mass is 588 g/mol. The lowest BCUT2D eigenvalue weighted by atomic mass is 10.0. The number of aromatic nitrogens is 4. The summed E-state index contributed by atoms with van der Waals surface area (Å²) in [5.74, 6) is 3.14. The number of nitrogens with one attached hydrogen (secondary N) is 2. The van der Waals surface area contributed by atoms with Crippen LogP contribution in [0, 0.1) is 5.92 Å². The third kappa shape index (κ3) is 7.70. The number of rotatable bonds is 11. The number of carbonyl (C=O) groups excluding carboxylic acids is 1. The zero-order valence-corrected chi connectivity index (χ0v) is 25.8. The molecule has 0 spiro atoms. The average Bonchev–Trinajstić information content (AvgIpc) is 3.03. The van der Waals surface area contributed by atoms with Crippen LogP contribution in [0.1, 0.15) is 57.7 Å². The number of fused-ring (bicyclic) bond motifs is 1. The SMILES string of the molecule is CCCC(C)CCCNC(=O)Nc1ccc(-c2nc3c(c(N4CCOCC4C)n2)CCN(c2ccnc(OC)n2)C3)cc1. The van der Waals surface area contributed by atoms with Crippen LogP contribution in [0.5, 0.6) is 6.01 Å². The molecule has 2 aliphatic rings. The predicted octanol–water partition coefficient (Wildman–Crippen LogP) is 5.07. The van der Waals surface area contributed by atoms with Crippen LogP contribution in [0.3, 0.4) is 0 Å². The Morgan fingerprint density at radius 2 is 1.98 bits per heavy atom. The van der Waals surface area contributed by atoms with Crippen molar-refractivity contribution in [2.75, 3.05) is 55.1 Å². The molecule has 2 aromatic heterocycles. The van der Waals surface area contributed by atoms with Gasteiger partial charge in [0.05, 0.1) is 38.6 Å². The molecule has 1 fully saturated rings. The molecule has 0 bridgehead atoms. The fourth-order valence-electron chi connectivity index (χ4n) is 5.79. The summed E-state index contributed by atoms with van der Waals surface area (Å²) in [6, 6.07) is 10.00. The molecule has 0 aliphatic carbocycles. The summed E-state index contributed by atoms with van der Waals surface area (Å²) in [6.45, 7) is 10.8. The first-order valence-corrected chi connectivity index (χ1v) is 15.5. The number of anilines is 3. The van der Waals surface area contributed by atoms with Gasteiger partial charge in [0.1, 0.15) is 11.6 Å². The minimum absolute atomic E-state index is 0.189. The Hall–Kier alpha value is -3.99. The zero-order chi connectivity index (χ0) is 30.2. The van der Waals surface area contributed by atoms with Gasteiger partial charge < -0.3 is 29.9 Å². The molecule has 2 unspecified atom stereocenters. The van der Waals surface area contributed by atoms with Crippen LogP contribution in [-0.2, 0) is 17.7 Å². The summed E-state index contributed by atoms with van der Waals surface area (Å²) in [4.78, 5) is 35.9. The Labute approximate surface area is 254 Å². The van der Waals surface area contributed by atoms with Gasteiger partial charge in [0.25, 0.3) is 0 Å². The van der Waals surface area contributed by atoms with Gasteiger partial charge in [-0.25, -0.2) is 19.7 Å². The second-order valence-electron chi connectivity index (χ2n) is 11.5. The summed E-state index contributed by atoms with van der Waals surface area (Å²) in [5.41, 5.74) is 3.78. The number of urea groups is 1. The standard InChI is InChI=1S/C32H44N8O3/c1-5-7-22(2)8-6-15-33-31(41)35-25-11-9-24(10-12-25)29-36-27-20-39(28-13-16-34-32(37-28)42-4)17-14-26(27)30(38-29)40-18-19-43-21-23(40)3/h9-13,16,22-23H,5-8,14-15,17-21H2,1-4H3,(H2,33,35,41). The Kier molecular flexibility index (Phi) is 10.2. The van der Waals surface area contributed by atoms with Crippen LogP contribution < -0.4 is 25.2 Å². The van der Waals surface area contributed by atoms with E-state index in [1.54, 1.807) is 13.3 Å². The Morgan fingerprint density at radius 1 is 1.14 bits per heavy atom. The number of hydrogen-bond donors (Lipinski definition) is 2. The number of nitrogens with zero attached hydrogens (tertiary/aromatic N) is 6. The molecule has 2 atom stereocenters. The molecule has 230 valence electrons. The fraction of sp³-hybridized carbons (Fsp3) is 0.531. The van der Waals surface area contributed by atoms with Crippen LogP contribution in [-0.4, -0.2) is 72.0 Å². The topological polar surface area (TPSA) is 118 Å². The highest BCUT2D eigenvalue weighted by Gasteiger charge is 2.29. The summed E-state index contributed by atoms with van der Waals surface area (Å²) < 4.78 is 11.0. The highest BCUT2D eigenvalue weighted by molar-refractivity contribution is 5.89. The lowest BCUT2D eigenvalue weighted by Gasteiger charge is -2.38. The lowest BCUT2D eigenvalue weighted by molar-refractivity contribution is 0.0984. The van der Waals surface area contributed by atoms with Gasteiger partial charge in [-0.2, -0.15) is 4.98 Å². The van der Waals surface area contributed by atoms with E-state index >= 15 is 0 Å². The van der Waals surface area contributed by atoms with Crippen molar-refractivity contribution < 1.29 is 14.3 Å². The molecule has 5 rings (SSSR count).